The molecular formula is H3BiCuF2. The average molecular weight is 314 g/mol. The molecule has 0 aliphatic heterocycles. The number of halogens is 2. The second kappa shape index (κ2) is 8.86. The Morgan fingerprint density at radius 1 is 1.25 bits per heavy atom. The quantitative estimate of drug-likeness (QED) is 0.537. The van der Waals surface area contributed by atoms with E-state index >= 15 is 0 Å². The van der Waals surface area contributed by atoms with Crippen LogP contribution in [0.3, 0.4) is 0 Å². The summed E-state index contributed by atoms with van der Waals surface area (Å²) in [6.07, 6.45) is 0. The molecule has 0 aromatic rings. The zero-order valence-electron chi connectivity index (χ0n) is 1.76. The molecule has 0 aliphatic carbocycles. The zero-order valence-corrected chi connectivity index (χ0v) is 8.20. The van der Waals surface area contributed by atoms with Gasteiger partial charge in [0.15, 0.2) is 0 Å². The molecule has 4 heavy (non-hydrogen) atoms. The summed E-state index contributed by atoms with van der Waals surface area (Å²) < 4.78 is 19.1. The molecule has 0 aromatic heterocycles. The van der Waals surface area contributed by atoms with Crippen molar-refractivity contribution in [2.24, 2.45) is 0 Å². The molecule has 0 amide bonds. The van der Waals surface area contributed by atoms with Gasteiger partial charge < -0.3 is 0 Å². The molecule has 0 atom stereocenters. The first kappa shape index (κ1) is 8.98. The van der Waals surface area contributed by atoms with E-state index in [4.69, 9.17) is 0 Å². The second-order valence-electron chi connectivity index (χ2n) is 0.0431. The summed E-state index contributed by atoms with van der Waals surface area (Å²) >= 11 is -1.19. The maximum atomic E-state index is 9.53. The van der Waals surface area contributed by atoms with Crippen LogP contribution < -0.4 is 0 Å². The first-order valence-corrected chi connectivity index (χ1v) is 0.940. The minimum absolute atomic E-state index is 0. The van der Waals surface area contributed by atoms with E-state index in [1.807, 2.05) is 0 Å². The van der Waals surface area contributed by atoms with Crippen LogP contribution in [0.2, 0.25) is 0 Å². The number of rotatable bonds is 0. The van der Waals surface area contributed by atoms with Crippen LogP contribution in [-0.4, -0.2) is 26.2 Å². The Hall–Kier alpha value is 1.26. The van der Waals surface area contributed by atoms with Crippen LogP contribution in [0.25, 0.3) is 0 Å². The van der Waals surface area contributed by atoms with Crippen molar-refractivity contribution >= 4 is 26.2 Å². The molecule has 0 rings (SSSR count). The molecular weight excluding hydrogens is 311 g/mol. The number of hydrogen-bond donors (Lipinski definition) is 0. The molecule has 0 N–H and O–H groups in total. The van der Waals surface area contributed by atoms with Crippen LogP contribution >= 0.6 is 0 Å². The Kier molecular flexibility index (Phi) is 19.9. The summed E-state index contributed by atoms with van der Waals surface area (Å²) in [7, 11) is 0. The van der Waals surface area contributed by atoms with Crippen LogP contribution in [0, 0.1) is 0 Å². The van der Waals surface area contributed by atoms with Gasteiger partial charge in [-0.2, -0.15) is 0 Å². The van der Waals surface area contributed by atoms with Gasteiger partial charge in [-0.3, -0.25) is 0 Å². The predicted octanol–water partition coefficient (Wildman–Crippen LogP) is -0.346. The zero-order chi connectivity index (χ0) is 2.71. The Labute approximate surface area is 49.2 Å². The van der Waals surface area contributed by atoms with Crippen LogP contribution in [-0.2, 0) is 15.9 Å². The molecule has 0 bridgehead atoms. The van der Waals surface area contributed by atoms with Crippen molar-refractivity contribution in [1.29, 1.82) is 0 Å². The first-order valence-electron chi connectivity index (χ1n) is 0.228. The summed E-state index contributed by atoms with van der Waals surface area (Å²) in [6.45, 7) is 0. The third kappa shape index (κ3) is 10.5. The molecule has 0 saturated heterocycles. The van der Waals surface area contributed by atoms with Crippen LogP contribution in [0.15, 0.2) is 0 Å². The van der Waals surface area contributed by atoms with Crippen molar-refractivity contribution in [1.82, 2.24) is 0 Å². The van der Waals surface area contributed by atoms with E-state index in [1.165, 1.54) is 0 Å². The molecule has 0 fully saturated rings. The normalized spacial score (nSPS) is 5.50. The van der Waals surface area contributed by atoms with E-state index in [0.29, 0.717) is 0 Å². The molecule has 0 spiro atoms. The molecule has 4 heteroatoms. The van der Waals surface area contributed by atoms with Crippen molar-refractivity contribution < 1.29 is 23.0 Å². The van der Waals surface area contributed by atoms with Gasteiger partial charge in [-0.1, -0.05) is 0 Å². The first-order chi connectivity index (χ1) is 1.41. The van der Waals surface area contributed by atoms with E-state index in [-0.39, 0.29) is 26.2 Å². The van der Waals surface area contributed by atoms with Gasteiger partial charge in [0.05, 0.1) is 0 Å². The van der Waals surface area contributed by atoms with Crippen LogP contribution in [0.5, 0.6) is 0 Å². The van der Waals surface area contributed by atoms with Gasteiger partial charge in [0, 0.05) is 0 Å². The van der Waals surface area contributed by atoms with Gasteiger partial charge in [0.1, 0.15) is 0 Å². The van der Waals surface area contributed by atoms with Gasteiger partial charge in [-0.15, -0.1) is 0 Å². The minimum atomic E-state index is -1.19. The third-order valence-corrected chi connectivity index (χ3v) is 0. The molecule has 0 saturated carbocycles. The molecule has 33 valence electrons. The summed E-state index contributed by atoms with van der Waals surface area (Å²) in [6, 6.07) is 0. The van der Waals surface area contributed by atoms with E-state index < -0.39 is 15.9 Å². The summed E-state index contributed by atoms with van der Waals surface area (Å²) in [4.78, 5) is 0. The molecule has 0 heterocycles. The van der Waals surface area contributed by atoms with Crippen molar-refractivity contribution in [2.45, 2.75) is 0 Å². The SMILES string of the molecule is [BiH3].[F][Cu][F]. The van der Waals surface area contributed by atoms with Crippen LogP contribution in [0.1, 0.15) is 0 Å². The van der Waals surface area contributed by atoms with Crippen LogP contribution in [0.4, 0.5) is 7.10 Å². The standard InChI is InChI=1S/Bi.Cu.2FH.3H/h;;2*1H;;;/q;+2;;;;;/p-2. The average Bonchev–Trinajstić information content (AvgIpc) is 0.918. The summed E-state index contributed by atoms with van der Waals surface area (Å²) in [5, 5.41) is 0. The third-order valence-electron chi connectivity index (χ3n) is 0. The van der Waals surface area contributed by atoms with E-state index in [9.17, 15) is 7.10 Å². The van der Waals surface area contributed by atoms with Gasteiger partial charge >= 0.3 is 49.2 Å². The molecule has 0 aliphatic rings. The fourth-order valence-electron chi connectivity index (χ4n) is 0. The molecule has 0 nitrogen and oxygen atoms in total. The predicted molar refractivity (Wildman–Crippen MR) is 12.2 cm³/mol. The van der Waals surface area contributed by atoms with Crippen molar-refractivity contribution in [3.63, 3.8) is 0 Å². The molecule has 0 radical (unpaired) electrons. The fourth-order valence-corrected chi connectivity index (χ4v) is 0. The van der Waals surface area contributed by atoms with Gasteiger partial charge in [-0.25, -0.2) is 0 Å². The van der Waals surface area contributed by atoms with Gasteiger partial charge in [-0.05, 0) is 0 Å². The van der Waals surface area contributed by atoms with E-state index in [0.717, 1.165) is 0 Å². The van der Waals surface area contributed by atoms with E-state index in [1.54, 1.807) is 0 Å². The Morgan fingerprint density at radius 3 is 1.25 bits per heavy atom. The van der Waals surface area contributed by atoms with E-state index in [2.05, 4.69) is 0 Å². The van der Waals surface area contributed by atoms with Gasteiger partial charge in [0.2, 0.25) is 0 Å². The Bertz CT molecular complexity index is 6.00. The topological polar surface area (TPSA) is 0 Å². The monoisotopic (exact) mass is 313 g/mol. The van der Waals surface area contributed by atoms with Gasteiger partial charge in [0.25, 0.3) is 0 Å². The Morgan fingerprint density at radius 2 is 1.25 bits per heavy atom. The summed E-state index contributed by atoms with van der Waals surface area (Å²) in [5.41, 5.74) is 0. The number of hydrogen-bond acceptors (Lipinski definition) is 0. The van der Waals surface area contributed by atoms with Crippen molar-refractivity contribution in [3.05, 3.63) is 0 Å². The maximum absolute atomic E-state index is 9.53. The summed E-state index contributed by atoms with van der Waals surface area (Å²) in [5.74, 6) is 0. The second-order valence-corrected chi connectivity index (χ2v) is 0.178. The Balaban J connectivity index is 0. The van der Waals surface area contributed by atoms with Crippen molar-refractivity contribution in [2.75, 3.05) is 0 Å². The fraction of sp³-hybridized carbons (Fsp3) is 0. The molecule has 0 unspecified atom stereocenters. The molecule has 0 aromatic carbocycles. The van der Waals surface area contributed by atoms with Crippen molar-refractivity contribution in [3.8, 4) is 0 Å².